The van der Waals surface area contributed by atoms with Crippen LogP contribution in [-0.4, -0.2) is 81.3 Å². The summed E-state index contributed by atoms with van der Waals surface area (Å²) in [5.74, 6) is 0. The number of phosphoric acid groups is 3. The van der Waals surface area contributed by atoms with Gasteiger partial charge in [0.2, 0.25) is 0 Å². The van der Waals surface area contributed by atoms with Crippen LogP contribution in [0.15, 0.2) is 0 Å². The van der Waals surface area contributed by atoms with Crippen LogP contribution in [0.5, 0.6) is 0 Å². The highest BCUT2D eigenvalue weighted by atomic mass is 31.2. The molecular weight excluding hydrogens is 405 g/mol. The van der Waals surface area contributed by atoms with Gasteiger partial charge in [-0.3, -0.25) is 13.6 Å². The zero-order valence-corrected chi connectivity index (χ0v) is 14.0. The molecule has 0 radical (unpaired) electrons. The summed E-state index contributed by atoms with van der Waals surface area (Å²) in [6, 6.07) is 0. The van der Waals surface area contributed by atoms with Gasteiger partial charge in [-0.05, 0) is 0 Å². The van der Waals surface area contributed by atoms with Crippen LogP contribution in [0.4, 0.5) is 0 Å². The molecule has 24 heavy (non-hydrogen) atoms. The van der Waals surface area contributed by atoms with E-state index in [4.69, 9.17) is 29.4 Å². The van der Waals surface area contributed by atoms with E-state index < -0.39 is 60.1 Å². The number of aliphatic hydroxyl groups is 3. The fourth-order valence-corrected chi connectivity index (χ4v) is 3.69. The third-order valence-corrected chi connectivity index (χ3v) is 4.35. The minimum absolute atomic E-state index is 2.31. The Labute approximate surface area is 133 Å². The molecule has 0 spiro atoms. The van der Waals surface area contributed by atoms with Crippen molar-refractivity contribution in [2.45, 2.75) is 36.6 Å². The van der Waals surface area contributed by atoms with Gasteiger partial charge in [-0.1, -0.05) is 0 Å². The predicted molar refractivity (Wildman–Crippen MR) is 68.8 cm³/mol. The molecule has 6 atom stereocenters. The van der Waals surface area contributed by atoms with Gasteiger partial charge in [-0.2, -0.15) is 0 Å². The molecule has 9 N–H and O–H groups in total. The summed E-state index contributed by atoms with van der Waals surface area (Å²) in [6.07, 6.45) is -14.3. The normalized spacial score (nSPS) is 35.9. The lowest BCUT2D eigenvalue weighted by Gasteiger charge is -2.44. The van der Waals surface area contributed by atoms with Gasteiger partial charge in [0.05, 0.1) is 0 Å². The summed E-state index contributed by atoms with van der Waals surface area (Å²) in [5, 5.41) is 29.0. The van der Waals surface area contributed by atoms with Gasteiger partial charge in [0.25, 0.3) is 0 Å². The molecule has 0 aromatic rings. The number of rotatable bonds is 6. The molecule has 144 valence electrons. The lowest BCUT2D eigenvalue weighted by Crippen LogP contribution is -2.65. The van der Waals surface area contributed by atoms with Crippen molar-refractivity contribution in [2.75, 3.05) is 0 Å². The summed E-state index contributed by atoms with van der Waals surface area (Å²) in [6.45, 7) is 0. The van der Waals surface area contributed by atoms with E-state index in [1.807, 2.05) is 0 Å². The number of hydrogen-bond donors (Lipinski definition) is 9. The summed E-state index contributed by atoms with van der Waals surface area (Å²) < 4.78 is 45.0. The smallest absolute Gasteiger partial charge is 0.387 e. The molecular formula is C6H15O15P3. The first kappa shape index (κ1) is 22.3. The Kier molecular flexibility index (Phi) is 6.90. The van der Waals surface area contributed by atoms with Crippen LogP contribution in [-0.2, 0) is 27.3 Å². The molecule has 1 aliphatic rings. The fourth-order valence-electron chi connectivity index (χ4n) is 2.01. The van der Waals surface area contributed by atoms with E-state index in [1.165, 1.54) is 0 Å². The lowest BCUT2D eigenvalue weighted by molar-refractivity contribution is -0.212. The third-order valence-electron chi connectivity index (χ3n) is 2.80. The average Bonchev–Trinajstić information content (AvgIpc) is 2.32. The molecule has 0 aromatic heterocycles. The van der Waals surface area contributed by atoms with Crippen molar-refractivity contribution < 1.29 is 71.9 Å². The maximum absolute atomic E-state index is 11.0. The zero-order chi connectivity index (χ0) is 19.1. The monoisotopic (exact) mass is 420 g/mol. The Bertz CT molecular complexity index is 536. The third kappa shape index (κ3) is 6.50. The Morgan fingerprint density at radius 1 is 0.500 bits per heavy atom. The minimum atomic E-state index is -5.48. The number of hydrogen-bond acceptors (Lipinski definition) is 9. The van der Waals surface area contributed by atoms with Gasteiger partial charge < -0.3 is 44.7 Å². The van der Waals surface area contributed by atoms with E-state index in [9.17, 15) is 29.0 Å². The first-order valence-electron chi connectivity index (χ1n) is 5.78. The van der Waals surface area contributed by atoms with E-state index >= 15 is 0 Å². The van der Waals surface area contributed by atoms with Crippen molar-refractivity contribution in [2.24, 2.45) is 0 Å². The van der Waals surface area contributed by atoms with E-state index in [1.54, 1.807) is 0 Å². The molecule has 1 saturated carbocycles. The van der Waals surface area contributed by atoms with Gasteiger partial charge in [0, 0.05) is 0 Å². The Morgan fingerprint density at radius 2 is 0.750 bits per heavy atom. The van der Waals surface area contributed by atoms with Gasteiger partial charge in [-0.25, -0.2) is 13.7 Å². The second-order valence-corrected chi connectivity index (χ2v) is 8.23. The second-order valence-electron chi connectivity index (χ2n) is 4.65. The van der Waals surface area contributed by atoms with E-state index in [2.05, 4.69) is 13.6 Å². The maximum Gasteiger partial charge on any atom is 0.470 e. The van der Waals surface area contributed by atoms with Gasteiger partial charge in [0.15, 0.2) is 0 Å². The van der Waals surface area contributed by atoms with Gasteiger partial charge in [0.1, 0.15) is 36.6 Å². The molecule has 2 unspecified atom stereocenters. The van der Waals surface area contributed by atoms with Gasteiger partial charge >= 0.3 is 23.5 Å². The molecule has 0 heterocycles. The molecule has 1 aliphatic carbocycles. The average molecular weight is 420 g/mol. The van der Waals surface area contributed by atoms with Crippen LogP contribution in [0.2, 0.25) is 0 Å². The van der Waals surface area contributed by atoms with Crippen molar-refractivity contribution in [3.05, 3.63) is 0 Å². The first-order chi connectivity index (χ1) is 10.5. The topological polar surface area (TPSA) is 261 Å². The van der Waals surface area contributed by atoms with Crippen molar-refractivity contribution in [1.29, 1.82) is 0 Å². The molecule has 1 rings (SSSR count). The van der Waals surface area contributed by atoms with Crippen LogP contribution in [0.25, 0.3) is 0 Å². The SMILES string of the molecule is O=P(O)(O)OC1[C@@H](OP(=O)(O)O)[C@H](O)C(O)[C@@H](O)[C@H]1OP(=O)(O)O. The Balaban J connectivity index is 3.32. The lowest BCUT2D eigenvalue weighted by atomic mass is 9.85. The van der Waals surface area contributed by atoms with Crippen LogP contribution < -0.4 is 0 Å². The molecule has 18 heteroatoms. The first-order valence-corrected chi connectivity index (χ1v) is 10.4. The molecule has 0 aromatic carbocycles. The van der Waals surface area contributed by atoms with E-state index in [-0.39, 0.29) is 0 Å². The fraction of sp³-hybridized carbons (Fsp3) is 1.00. The zero-order valence-electron chi connectivity index (χ0n) is 11.3. The van der Waals surface area contributed by atoms with Crippen molar-refractivity contribution >= 4 is 23.5 Å². The predicted octanol–water partition coefficient (Wildman–Crippen LogP) is -3.48. The van der Waals surface area contributed by atoms with Crippen molar-refractivity contribution in [3.8, 4) is 0 Å². The number of aliphatic hydroxyl groups excluding tert-OH is 3. The minimum Gasteiger partial charge on any atom is -0.387 e. The van der Waals surface area contributed by atoms with Crippen LogP contribution >= 0.6 is 23.5 Å². The second kappa shape index (κ2) is 7.45. The number of phosphoric ester groups is 3. The summed E-state index contributed by atoms with van der Waals surface area (Å²) >= 11 is 0. The highest BCUT2D eigenvalue weighted by Crippen LogP contribution is 2.50. The molecule has 0 bridgehead atoms. The maximum atomic E-state index is 11.0. The van der Waals surface area contributed by atoms with E-state index in [0.717, 1.165) is 0 Å². The van der Waals surface area contributed by atoms with Crippen LogP contribution in [0, 0.1) is 0 Å². The quantitative estimate of drug-likeness (QED) is 0.189. The van der Waals surface area contributed by atoms with Gasteiger partial charge in [-0.15, -0.1) is 0 Å². The van der Waals surface area contributed by atoms with E-state index in [0.29, 0.717) is 0 Å². The Hall–Kier alpha value is 0.210. The largest absolute Gasteiger partial charge is 0.470 e. The van der Waals surface area contributed by atoms with Crippen molar-refractivity contribution in [1.82, 2.24) is 0 Å². The van der Waals surface area contributed by atoms with Crippen LogP contribution in [0.3, 0.4) is 0 Å². The highest BCUT2D eigenvalue weighted by Gasteiger charge is 2.56. The van der Waals surface area contributed by atoms with Crippen molar-refractivity contribution in [3.63, 3.8) is 0 Å². The highest BCUT2D eigenvalue weighted by molar-refractivity contribution is 7.47. The summed E-state index contributed by atoms with van der Waals surface area (Å²) in [7, 11) is -16.3. The van der Waals surface area contributed by atoms with Crippen LogP contribution in [0.1, 0.15) is 0 Å². The molecule has 0 saturated heterocycles. The standard InChI is InChI=1S/C6H15O15P3/c7-1-2(8)4(19-22(10,11)12)6(21-24(16,17)18)5(3(1)9)20-23(13,14)15/h1-9H,(H2,10,11,12)(H2,13,14,15)(H2,16,17,18)/t1?,2-,3-,4-,5+,6?/m1/s1. The molecule has 0 amide bonds. The Morgan fingerprint density at radius 3 is 1.00 bits per heavy atom. The molecule has 0 aliphatic heterocycles. The summed E-state index contributed by atoms with van der Waals surface area (Å²) in [4.78, 5) is 52.7. The molecule has 1 fully saturated rings. The summed E-state index contributed by atoms with van der Waals surface area (Å²) in [5.41, 5.74) is 0. The molecule has 15 nitrogen and oxygen atoms in total.